The maximum absolute atomic E-state index is 5.93. The third-order valence-electron chi connectivity index (χ3n) is 3.69. The molecule has 23 heavy (non-hydrogen) atoms. The van der Waals surface area contributed by atoms with Crippen LogP contribution in [0.1, 0.15) is 11.1 Å². The van der Waals surface area contributed by atoms with E-state index in [1.807, 2.05) is 48.5 Å². The van der Waals surface area contributed by atoms with E-state index >= 15 is 0 Å². The number of hydrogen-bond donors (Lipinski definition) is 0. The van der Waals surface area contributed by atoms with Crippen LogP contribution in [0.5, 0.6) is 5.75 Å². The summed E-state index contributed by atoms with van der Waals surface area (Å²) >= 11 is 9.44. The lowest BCUT2D eigenvalue weighted by atomic mass is 10.1. The highest BCUT2D eigenvalue weighted by Gasteiger charge is 2.03. The van der Waals surface area contributed by atoms with Gasteiger partial charge in [-0.2, -0.15) is 0 Å². The fourth-order valence-electron chi connectivity index (χ4n) is 2.38. The van der Waals surface area contributed by atoms with Crippen LogP contribution < -0.4 is 4.74 Å². The van der Waals surface area contributed by atoms with E-state index in [1.165, 1.54) is 11.1 Å². The molecule has 116 valence electrons. The fourth-order valence-corrected chi connectivity index (χ4v) is 3.05. The van der Waals surface area contributed by atoms with Crippen LogP contribution in [-0.2, 0) is 11.9 Å². The Morgan fingerprint density at radius 3 is 1.91 bits per heavy atom. The number of hydrogen-bond acceptors (Lipinski definition) is 1. The smallest absolute Gasteiger partial charge is 0.119 e. The number of alkyl halides is 1. The summed E-state index contributed by atoms with van der Waals surface area (Å²) in [7, 11) is 0. The number of rotatable bonds is 5. The number of ether oxygens (including phenoxy) is 1. The largest absolute Gasteiger partial charge is 0.489 e. The summed E-state index contributed by atoms with van der Waals surface area (Å²) in [6.45, 7) is 0.571. The van der Waals surface area contributed by atoms with E-state index in [4.69, 9.17) is 16.3 Å². The molecule has 0 aliphatic carbocycles. The minimum absolute atomic E-state index is 0.571. The van der Waals surface area contributed by atoms with E-state index in [0.29, 0.717) is 6.61 Å². The van der Waals surface area contributed by atoms with E-state index < -0.39 is 0 Å². The molecular weight excluding hydrogens is 372 g/mol. The van der Waals surface area contributed by atoms with Crippen molar-refractivity contribution in [1.29, 1.82) is 0 Å². The Kier molecular flexibility index (Phi) is 5.37. The second-order valence-electron chi connectivity index (χ2n) is 5.22. The molecule has 0 fully saturated rings. The zero-order valence-corrected chi connectivity index (χ0v) is 14.8. The second kappa shape index (κ2) is 7.67. The summed E-state index contributed by atoms with van der Waals surface area (Å²) < 4.78 is 5.90. The predicted octanol–water partition coefficient (Wildman–Crippen LogP) is 6.48. The van der Waals surface area contributed by atoms with Gasteiger partial charge in [-0.1, -0.05) is 76.1 Å². The Morgan fingerprint density at radius 1 is 0.739 bits per heavy atom. The van der Waals surface area contributed by atoms with Gasteiger partial charge in [0.2, 0.25) is 0 Å². The molecule has 1 nitrogen and oxygen atoms in total. The van der Waals surface area contributed by atoms with Crippen LogP contribution in [0.4, 0.5) is 0 Å². The van der Waals surface area contributed by atoms with Crippen molar-refractivity contribution in [3.63, 3.8) is 0 Å². The zero-order chi connectivity index (χ0) is 16.1. The first-order valence-electron chi connectivity index (χ1n) is 7.38. The highest BCUT2D eigenvalue weighted by atomic mass is 79.9. The summed E-state index contributed by atoms with van der Waals surface area (Å²) in [5.41, 5.74) is 4.75. The average Bonchev–Trinajstić information content (AvgIpc) is 2.61. The van der Waals surface area contributed by atoms with E-state index in [1.54, 1.807) is 0 Å². The minimum Gasteiger partial charge on any atom is -0.489 e. The molecule has 0 saturated carbocycles. The van der Waals surface area contributed by atoms with Crippen LogP contribution in [0, 0.1) is 0 Å². The molecule has 0 atom stereocenters. The first kappa shape index (κ1) is 16.1. The van der Waals surface area contributed by atoms with Crippen molar-refractivity contribution in [2.45, 2.75) is 11.9 Å². The van der Waals surface area contributed by atoms with Crippen LogP contribution in [0.15, 0.2) is 72.8 Å². The third-order valence-corrected chi connectivity index (χ3v) is 4.54. The van der Waals surface area contributed by atoms with Gasteiger partial charge >= 0.3 is 0 Å². The van der Waals surface area contributed by atoms with Gasteiger partial charge in [0.25, 0.3) is 0 Å². The van der Waals surface area contributed by atoms with Crippen LogP contribution in [0.25, 0.3) is 11.1 Å². The minimum atomic E-state index is 0.571. The summed E-state index contributed by atoms with van der Waals surface area (Å²) in [5.74, 6) is 0.868. The fraction of sp³-hybridized carbons (Fsp3) is 0.100. The molecular formula is C20H16BrClO. The Morgan fingerprint density at radius 2 is 1.30 bits per heavy atom. The van der Waals surface area contributed by atoms with E-state index in [-0.39, 0.29) is 0 Å². The van der Waals surface area contributed by atoms with Crippen molar-refractivity contribution in [3.05, 3.63) is 88.9 Å². The average molecular weight is 388 g/mol. The molecule has 3 rings (SSSR count). The highest BCUT2D eigenvalue weighted by Crippen LogP contribution is 2.24. The van der Waals surface area contributed by atoms with Crippen molar-refractivity contribution in [2.24, 2.45) is 0 Å². The quantitative estimate of drug-likeness (QED) is 0.455. The van der Waals surface area contributed by atoms with Gasteiger partial charge in [0.15, 0.2) is 0 Å². The molecule has 0 N–H and O–H groups in total. The molecule has 0 heterocycles. The molecule has 0 aliphatic heterocycles. The molecule has 0 aromatic heterocycles. The number of halogens is 2. The van der Waals surface area contributed by atoms with Crippen LogP contribution in [0.2, 0.25) is 5.02 Å². The van der Waals surface area contributed by atoms with Gasteiger partial charge in [0.1, 0.15) is 12.4 Å². The van der Waals surface area contributed by atoms with Crippen molar-refractivity contribution < 1.29 is 4.74 Å². The molecule has 0 spiro atoms. The van der Waals surface area contributed by atoms with E-state index in [2.05, 4.69) is 40.2 Å². The SMILES string of the molecule is Clc1ccc(-c2ccc(OCc3ccccc3CBr)cc2)cc1. The topological polar surface area (TPSA) is 9.23 Å². The summed E-state index contributed by atoms with van der Waals surface area (Å²) in [6, 6.07) is 24.3. The second-order valence-corrected chi connectivity index (χ2v) is 6.22. The molecule has 3 aromatic rings. The number of benzene rings is 3. The molecule has 0 bridgehead atoms. The molecule has 0 unspecified atom stereocenters. The Labute approximate surface area is 150 Å². The van der Waals surface area contributed by atoms with Crippen molar-refractivity contribution in [3.8, 4) is 16.9 Å². The molecule has 0 amide bonds. The Balaban J connectivity index is 1.69. The first-order valence-corrected chi connectivity index (χ1v) is 8.88. The summed E-state index contributed by atoms with van der Waals surface area (Å²) in [6.07, 6.45) is 0. The van der Waals surface area contributed by atoms with Gasteiger partial charge in [-0.15, -0.1) is 0 Å². The third kappa shape index (κ3) is 4.15. The predicted molar refractivity (Wildman–Crippen MR) is 100 cm³/mol. The lowest BCUT2D eigenvalue weighted by Gasteiger charge is -2.10. The van der Waals surface area contributed by atoms with Crippen LogP contribution >= 0.6 is 27.5 Å². The maximum atomic E-state index is 5.93. The molecule has 3 heteroatoms. The lowest BCUT2D eigenvalue weighted by Crippen LogP contribution is -1.98. The Hall–Kier alpha value is -1.77. The van der Waals surface area contributed by atoms with Crippen molar-refractivity contribution >= 4 is 27.5 Å². The van der Waals surface area contributed by atoms with Gasteiger partial charge < -0.3 is 4.74 Å². The molecule has 0 aliphatic rings. The standard InChI is InChI=1S/C20H16BrClO/c21-13-17-3-1-2-4-18(17)14-23-20-11-7-16(8-12-20)15-5-9-19(22)10-6-15/h1-12H,13-14H2. The van der Waals surface area contributed by atoms with E-state index in [9.17, 15) is 0 Å². The summed E-state index contributed by atoms with van der Waals surface area (Å²) in [4.78, 5) is 0. The van der Waals surface area contributed by atoms with Crippen LogP contribution in [0.3, 0.4) is 0 Å². The summed E-state index contributed by atoms with van der Waals surface area (Å²) in [5, 5.41) is 1.58. The van der Waals surface area contributed by atoms with Crippen molar-refractivity contribution in [1.82, 2.24) is 0 Å². The van der Waals surface area contributed by atoms with Crippen LogP contribution in [-0.4, -0.2) is 0 Å². The van der Waals surface area contributed by atoms with Gasteiger partial charge in [-0.25, -0.2) is 0 Å². The van der Waals surface area contributed by atoms with Crippen molar-refractivity contribution in [2.75, 3.05) is 0 Å². The first-order chi connectivity index (χ1) is 11.3. The molecule has 0 radical (unpaired) electrons. The molecule has 0 saturated heterocycles. The monoisotopic (exact) mass is 386 g/mol. The lowest BCUT2D eigenvalue weighted by molar-refractivity contribution is 0.305. The Bertz CT molecular complexity index is 766. The van der Waals surface area contributed by atoms with Gasteiger partial charge in [-0.3, -0.25) is 0 Å². The highest BCUT2D eigenvalue weighted by molar-refractivity contribution is 9.08. The molecule has 3 aromatic carbocycles. The van der Waals surface area contributed by atoms with Gasteiger partial charge in [-0.05, 0) is 46.5 Å². The normalized spacial score (nSPS) is 10.5. The van der Waals surface area contributed by atoms with Gasteiger partial charge in [0.05, 0.1) is 0 Å². The van der Waals surface area contributed by atoms with E-state index in [0.717, 1.165) is 27.2 Å². The zero-order valence-electron chi connectivity index (χ0n) is 12.5. The van der Waals surface area contributed by atoms with Gasteiger partial charge in [0, 0.05) is 10.4 Å². The maximum Gasteiger partial charge on any atom is 0.119 e.